The van der Waals surface area contributed by atoms with Gasteiger partial charge in [0.05, 0.1) is 34.0 Å². The second-order valence-corrected chi connectivity index (χ2v) is 6.20. The maximum atomic E-state index is 6.04. The highest BCUT2D eigenvalue weighted by Gasteiger charge is 2.17. The molecule has 2 N–H and O–H groups in total. The number of hydrogen-bond acceptors (Lipinski definition) is 3. The van der Waals surface area contributed by atoms with E-state index in [1.54, 1.807) is 0 Å². The summed E-state index contributed by atoms with van der Waals surface area (Å²) < 4.78 is 0. The highest BCUT2D eigenvalue weighted by atomic mass is 35.5. The summed E-state index contributed by atoms with van der Waals surface area (Å²) in [6, 6.07) is 9.93. The molecule has 0 amide bonds. The van der Waals surface area contributed by atoms with E-state index < -0.39 is 0 Å². The van der Waals surface area contributed by atoms with E-state index in [0.29, 0.717) is 5.02 Å². The Morgan fingerprint density at radius 3 is 3.00 bits per heavy atom. The Labute approximate surface area is 133 Å². The van der Waals surface area contributed by atoms with E-state index in [1.165, 1.54) is 5.69 Å². The standard InChI is InChI=1S/C17H17ClN4/c1-10(12-6-7-13-14(20-12)3-2-8-19-13)17-21-15-5-4-11(18)9-16(15)22-17/h4-7,9-10,19H,2-3,8H2,1H3,(H,21,22)/t10-/m1/s1. The Bertz CT molecular complexity index is 840. The normalized spacial score (nSPS) is 15.4. The van der Waals surface area contributed by atoms with Crippen LogP contribution in [0.2, 0.25) is 5.02 Å². The zero-order valence-corrected chi connectivity index (χ0v) is 13.1. The lowest BCUT2D eigenvalue weighted by Crippen LogP contribution is -2.14. The highest BCUT2D eigenvalue weighted by Crippen LogP contribution is 2.27. The van der Waals surface area contributed by atoms with Gasteiger partial charge in [0.25, 0.3) is 0 Å². The van der Waals surface area contributed by atoms with Gasteiger partial charge in [0.15, 0.2) is 0 Å². The molecule has 4 rings (SSSR count). The van der Waals surface area contributed by atoms with E-state index in [0.717, 1.165) is 47.6 Å². The van der Waals surface area contributed by atoms with Gasteiger partial charge in [-0.1, -0.05) is 11.6 Å². The number of imidazole rings is 1. The molecule has 1 atom stereocenters. The first-order valence-electron chi connectivity index (χ1n) is 7.59. The van der Waals surface area contributed by atoms with Gasteiger partial charge in [-0.05, 0) is 50.1 Å². The maximum Gasteiger partial charge on any atom is 0.116 e. The fourth-order valence-corrected chi connectivity index (χ4v) is 3.11. The molecular weight excluding hydrogens is 296 g/mol. The molecule has 3 heterocycles. The van der Waals surface area contributed by atoms with Crippen molar-refractivity contribution in [1.29, 1.82) is 0 Å². The molecule has 112 valence electrons. The van der Waals surface area contributed by atoms with Crippen LogP contribution in [-0.4, -0.2) is 21.5 Å². The van der Waals surface area contributed by atoms with Gasteiger partial charge in [-0.25, -0.2) is 4.98 Å². The topological polar surface area (TPSA) is 53.6 Å². The van der Waals surface area contributed by atoms with Crippen molar-refractivity contribution in [1.82, 2.24) is 15.0 Å². The number of aromatic nitrogens is 3. The second-order valence-electron chi connectivity index (χ2n) is 5.77. The number of halogens is 1. The average Bonchev–Trinajstić information content (AvgIpc) is 2.96. The van der Waals surface area contributed by atoms with Gasteiger partial charge in [0.2, 0.25) is 0 Å². The largest absolute Gasteiger partial charge is 0.384 e. The van der Waals surface area contributed by atoms with Gasteiger partial charge < -0.3 is 10.3 Å². The van der Waals surface area contributed by atoms with Crippen LogP contribution in [0.25, 0.3) is 11.0 Å². The Hall–Kier alpha value is -2.07. The van der Waals surface area contributed by atoms with Crippen LogP contribution in [0.3, 0.4) is 0 Å². The lowest BCUT2D eigenvalue weighted by Gasteiger charge is -2.19. The van der Waals surface area contributed by atoms with E-state index >= 15 is 0 Å². The molecule has 0 saturated heterocycles. The molecule has 0 spiro atoms. The molecule has 22 heavy (non-hydrogen) atoms. The molecule has 0 radical (unpaired) electrons. The zero-order valence-electron chi connectivity index (χ0n) is 12.4. The summed E-state index contributed by atoms with van der Waals surface area (Å²) in [6.07, 6.45) is 2.18. The van der Waals surface area contributed by atoms with Crippen LogP contribution in [0.1, 0.15) is 36.5 Å². The number of nitrogens with one attached hydrogen (secondary N) is 2. The number of hydrogen-bond donors (Lipinski definition) is 2. The molecule has 2 aromatic heterocycles. The van der Waals surface area contributed by atoms with Crippen molar-refractivity contribution in [2.45, 2.75) is 25.7 Å². The average molecular weight is 313 g/mol. The number of aromatic amines is 1. The summed E-state index contributed by atoms with van der Waals surface area (Å²) in [6.45, 7) is 3.16. The molecule has 1 aliphatic rings. The van der Waals surface area contributed by atoms with Gasteiger partial charge in [0.1, 0.15) is 5.82 Å². The zero-order chi connectivity index (χ0) is 15.1. The molecule has 0 aliphatic carbocycles. The number of aryl methyl sites for hydroxylation is 1. The number of benzene rings is 1. The van der Waals surface area contributed by atoms with E-state index in [9.17, 15) is 0 Å². The number of pyridine rings is 1. The van der Waals surface area contributed by atoms with E-state index in [-0.39, 0.29) is 5.92 Å². The van der Waals surface area contributed by atoms with Crippen LogP contribution in [0.4, 0.5) is 5.69 Å². The summed E-state index contributed by atoms with van der Waals surface area (Å²) >= 11 is 6.04. The van der Waals surface area contributed by atoms with Crippen LogP contribution in [0, 0.1) is 0 Å². The van der Waals surface area contributed by atoms with Crippen LogP contribution in [0.15, 0.2) is 30.3 Å². The first-order valence-corrected chi connectivity index (χ1v) is 7.97. The summed E-state index contributed by atoms with van der Waals surface area (Å²) in [5.74, 6) is 1.05. The van der Waals surface area contributed by atoms with Crippen LogP contribution in [-0.2, 0) is 6.42 Å². The van der Waals surface area contributed by atoms with Crippen molar-refractivity contribution >= 4 is 28.3 Å². The van der Waals surface area contributed by atoms with Gasteiger partial charge in [-0.3, -0.25) is 4.98 Å². The summed E-state index contributed by atoms with van der Waals surface area (Å²) in [4.78, 5) is 12.9. The lowest BCUT2D eigenvalue weighted by molar-refractivity contribution is 0.759. The maximum absolute atomic E-state index is 6.04. The number of nitrogens with zero attached hydrogens (tertiary/aromatic N) is 2. The Kier molecular flexibility index (Phi) is 3.26. The minimum Gasteiger partial charge on any atom is -0.384 e. The number of fused-ring (bicyclic) bond motifs is 2. The number of anilines is 1. The minimum atomic E-state index is 0.124. The van der Waals surface area contributed by atoms with Crippen molar-refractivity contribution in [3.63, 3.8) is 0 Å². The molecular formula is C17H17ClN4. The molecule has 4 nitrogen and oxygen atoms in total. The summed E-state index contributed by atoms with van der Waals surface area (Å²) in [7, 11) is 0. The highest BCUT2D eigenvalue weighted by molar-refractivity contribution is 6.31. The number of rotatable bonds is 2. The van der Waals surface area contributed by atoms with Gasteiger partial charge in [0, 0.05) is 11.6 Å². The van der Waals surface area contributed by atoms with E-state index in [1.807, 2.05) is 18.2 Å². The molecule has 0 unspecified atom stereocenters. The molecule has 1 aliphatic heterocycles. The van der Waals surface area contributed by atoms with Crippen LogP contribution >= 0.6 is 11.6 Å². The monoisotopic (exact) mass is 312 g/mol. The van der Waals surface area contributed by atoms with E-state index in [2.05, 4.69) is 34.3 Å². The first kappa shape index (κ1) is 13.6. The fourth-order valence-electron chi connectivity index (χ4n) is 2.94. The smallest absolute Gasteiger partial charge is 0.116 e. The summed E-state index contributed by atoms with van der Waals surface area (Å²) in [5.41, 5.74) is 5.28. The molecule has 0 bridgehead atoms. The predicted molar refractivity (Wildman–Crippen MR) is 89.7 cm³/mol. The van der Waals surface area contributed by atoms with Crippen LogP contribution < -0.4 is 5.32 Å². The van der Waals surface area contributed by atoms with E-state index in [4.69, 9.17) is 16.6 Å². The third-order valence-electron chi connectivity index (χ3n) is 4.22. The molecule has 5 heteroatoms. The Morgan fingerprint density at radius 2 is 2.09 bits per heavy atom. The molecule has 3 aromatic rings. The Morgan fingerprint density at radius 1 is 1.18 bits per heavy atom. The lowest BCUT2D eigenvalue weighted by atomic mass is 10.0. The summed E-state index contributed by atoms with van der Waals surface area (Å²) in [5, 5.41) is 4.11. The van der Waals surface area contributed by atoms with Crippen LogP contribution in [0.5, 0.6) is 0 Å². The van der Waals surface area contributed by atoms with Crippen molar-refractivity contribution in [2.24, 2.45) is 0 Å². The molecule has 1 aromatic carbocycles. The van der Waals surface area contributed by atoms with Crippen molar-refractivity contribution in [2.75, 3.05) is 11.9 Å². The third kappa shape index (κ3) is 2.33. The molecule has 0 saturated carbocycles. The first-order chi connectivity index (χ1) is 10.7. The Balaban J connectivity index is 1.71. The van der Waals surface area contributed by atoms with Crippen molar-refractivity contribution < 1.29 is 0 Å². The fraction of sp³-hybridized carbons (Fsp3) is 0.294. The third-order valence-corrected chi connectivity index (χ3v) is 4.45. The SMILES string of the molecule is C[C@H](c1ccc2c(n1)CCCN2)c1nc2ccc(Cl)cc2[nH]1. The van der Waals surface area contributed by atoms with Gasteiger partial charge in [-0.15, -0.1) is 0 Å². The number of H-pyrrole nitrogens is 1. The van der Waals surface area contributed by atoms with Gasteiger partial charge in [-0.2, -0.15) is 0 Å². The van der Waals surface area contributed by atoms with Crippen molar-refractivity contribution in [3.8, 4) is 0 Å². The predicted octanol–water partition coefficient (Wildman–Crippen LogP) is 4.12. The quantitative estimate of drug-likeness (QED) is 0.748. The van der Waals surface area contributed by atoms with Crippen molar-refractivity contribution in [3.05, 3.63) is 52.6 Å². The van der Waals surface area contributed by atoms with Gasteiger partial charge >= 0.3 is 0 Å². The second kappa shape index (κ2) is 5.29. The minimum absolute atomic E-state index is 0.124. The molecule has 0 fully saturated rings.